The number of benzene rings is 7. The first-order valence-corrected chi connectivity index (χ1v) is 19.3. The van der Waals surface area contributed by atoms with Crippen molar-refractivity contribution in [2.75, 3.05) is 0 Å². The number of hydrogen-bond acceptors (Lipinski definition) is 0. The topological polar surface area (TPSA) is 14.8 Å². The van der Waals surface area contributed by atoms with Gasteiger partial charge >= 0.3 is 0 Å². The molecule has 0 fully saturated rings. The van der Waals surface area contributed by atoms with Crippen molar-refractivity contribution in [1.29, 1.82) is 0 Å². The van der Waals surface area contributed by atoms with Crippen LogP contribution >= 0.6 is 0 Å². The van der Waals surface area contributed by atoms with Gasteiger partial charge in [-0.3, -0.25) is 0 Å². The molecule has 10 rings (SSSR count). The van der Waals surface area contributed by atoms with Crippen molar-refractivity contribution < 1.29 is 0 Å². The molecule has 3 heteroatoms. The third-order valence-corrected chi connectivity index (χ3v) is 10.6. The van der Waals surface area contributed by atoms with Crippen LogP contribution in [0.3, 0.4) is 0 Å². The van der Waals surface area contributed by atoms with E-state index in [1.54, 1.807) is 0 Å². The maximum atomic E-state index is 2.42. The highest BCUT2D eigenvalue weighted by Crippen LogP contribution is 2.39. The Hall–Kier alpha value is -6.84. The van der Waals surface area contributed by atoms with E-state index in [2.05, 4.69) is 215 Å². The molecule has 0 aliphatic heterocycles. The normalized spacial score (nSPS) is 12.3. The van der Waals surface area contributed by atoms with E-state index in [0.717, 1.165) is 17.8 Å². The molecular weight excluding hydrogens is 667 g/mol. The first-order chi connectivity index (χ1) is 27.2. The van der Waals surface area contributed by atoms with Crippen LogP contribution in [-0.2, 0) is 0 Å². The zero-order chi connectivity index (χ0) is 37.3. The summed E-state index contributed by atoms with van der Waals surface area (Å²) in [6.45, 7) is 6.22. The summed E-state index contributed by atoms with van der Waals surface area (Å²) in [6, 6.07) is 57.2. The minimum atomic E-state index is 1.10. The minimum Gasteiger partial charge on any atom is -0.317 e. The van der Waals surface area contributed by atoms with Gasteiger partial charge in [-0.1, -0.05) is 128 Å². The van der Waals surface area contributed by atoms with Gasteiger partial charge in [0, 0.05) is 55.6 Å². The first-order valence-electron chi connectivity index (χ1n) is 19.3. The van der Waals surface area contributed by atoms with Crippen molar-refractivity contribution >= 4 is 65.3 Å². The lowest BCUT2D eigenvalue weighted by Gasteiger charge is -2.12. The van der Waals surface area contributed by atoms with Crippen LogP contribution in [0.5, 0.6) is 0 Å². The van der Waals surface area contributed by atoms with Crippen molar-refractivity contribution in [2.45, 2.75) is 27.2 Å². The zero-order valence-corrected chi connectivity index (χ0v) is 31.5. The van der Waals surface area contributed by atoms with E-state index in [1.165, 1.54) is 76.5 Å². The standard InChI is InChI=1S/C42H27N3.C10H16/c1-2-10-29(11-3-1)45-41-17-9-6-14-34(41)37-23-22-31-35-26-27-43(38(35)25-24-36(31)42(37)45)28-18-20-30(21-19-28)44-39-15-7-4-12-32(39)33-13-5-8-16-40(33)44;1-4-7-10(8-5-2)9-6-3/h1-27H;4-5,7-9H,6H2,1-3H3/b;7-4-,8-5+,10-9?. The molecular formula is C52H43N3. The number of hydrogen-bond donors (Lipinski definition) is 0. The largest absolute Gasteiger partial charge is 0.317 e. The lowest BCUT2D eigenvalue weighted by molar-refractivity contribution is 1.11. The smallest absolute Gasteiger partial charge is 0.0619 e. The second-order valence-electron chi connectivity index (χ2n) is 13.9. The maximum Gasteiger partial charge on any atom is 0.0619 e. The molecule has 0 bridgehead atoms. The van der Waals surface area contributed by atoms with Crippen LogP contribution in [0.15, 0.2) is 200 Å². The van der Waals surface area contributed by atoms with E-state index in [0.29, 0.717) is 0 Å². The summed E-state index contributed by atoms with van der Waals surface area (Å²) in [5, 5.41) is 8.90. The third-order valence-electron chi connectivity index (χ3n) is 10.6. The summed E-state index contributed by atoms with van der Waals surface area (Å²) >= 11 is 0. The molecule has 0 saturated carbocycles. The van der Waals surface area contributed by atoms with Crippen LogP contribution in [0.4, 0.5) is 0 Å². The Kier molecular flexibility index (Phi) is 8.97. The van der Waals surface area contributed by atoms with E-state index in [-0.39, 0.29) is 0 Å². The zero-order valence-electron chi connectivity index (χ0n) is 31.5. The van der Waals surface area contributed by atoms with E-state index in [9.17, 15) is 0 Å². The lowest BCUT2D eigenvalue weighted by atomic mass is 10.0. The molecule has 0 amide bonds. The molecule has 0 aliphatic carbocycles. The van der Waals surface area contributed by atoms with Gasteiger partial charge in [-0.05, 0) is 98.0 Å². The highest BCUT2D eigenvalue weighted by Gasteiger charge is 2.17. The molecule has 0 aliphatic rings. The Bertz CT molecular complexity index is 3000. The Labute approximate surface area is 322 Å². The second kappa shape index (κ2) is 14.5. The number of para-hydroxylation sites is 4. The Morgan fingerprint density at radius 1 is 0.418 bits per heavy atom. The van der Waals surface area contributed by atoms with Gasteiger partial charge in [0.15, 0.2) is 0 Å². The van der Waals surface area contributed by atoms with Gasteiger partial charge < -0.3 is 13.7 Å². The summed E-state index contributed by atoms with van der Waals surface area (Å²) in [5.41, 5.74) is 10.9. The molecule has 0 N–H and O–H groups in total. The quantitative estimate of drug-likeness (QED) is 0.153. The molecule has 3 heterocycles. The minimum absolute atomic E-state index is 1.10. The molecule has 0 atom stereocenters. The highest BCUT2D eigenvalue weighted by atomic mass is 15.0. The molecule has 10 aromatic rings. The van der Waals surface area contributed by atoms with Gasteiger partial charge in [0.25, 0.3) is 0 Å². The number of fused-ring (bicyclic) bond motifs is 10. The summed E-state index contributed by atoms with van der Waals surface area (Å²) in [6.07, 6.45) is 13.9. The predicted molar refractivity (Wildman–Crippen MR) is 237 cm³/mol. The fourth-order valence-corrected chi connectivity index (χ4v) is 8.34. The van der Waals surface area contributed by atoms with Gasteiger partial charge in [-0.25, -0.2) is 0 Å². The van der Waals surface area contributed by atoms with Gasteiger partial charge in [0.2, 0.25) is 0 Å². The van der Waals surface area contributed by atoms with Crippen molar-refractivity contribution in [3.05, 3.63) is 200 Å². The SMILES string of the molecule is C/C=C\C(=CCC)/C=C/C.c1ccc(-n2c3ccccc3c3ccc4c5ccn(-c6ccc(-n7c8ccccc8c8ccccc87)cc6)c5ccc4c32)cc1. The first kappa shape index (κ1) is 34.0. The summed E-state index contributed by atoms with van der Waals surface area (Å²) in [4.78, 5) is 0. The van der Waals surface area contributed by atoms with Crippen LogP contribution in [-0.4, -0.2) is 13.7 Å². The third kappa shape index (κ3) is 5.86. The Balaban J connectivity index is 0.000000353. The van der Waals surface area contributed by atoms with Crippen LogP contribution in [0.1, 0.15) is 27.2 Å². The maximum absolute atomic E-state index is 2.42. The molecule has 0 saturated heterocycles. The monoisotopic (exact) mass is 709 g/mol. The number of rotatable bonds is 6. The predicted octanol–water partition coefficient (Wildman–Crippen LogP) is 14.5. The fraction of sp³-hybridized carbons (Fsp3) is 0.0769. The molecule has 0 spiro atoms. The number of aromatic nitrogens is 3. The Morgan fingerprint density at radius 3 is 1.51 bits per heavy atom. The van der Waals surface area contributed by atoms with Crippen LogP contribution in [0.25, 0.3) is 82.3 Å². The molecule has 0 unspecified atom stereocenters. The average Bonchev–Trinajstić information content (AvgIpc) is 3.93. The van der Waals surface area contributed by atoms with Crippen LogP contribution in [0, 0.1) is 0 Å². The van der Waals surface area contributed by atoms with Crippen molar-refractivity contribution in [3.8, 4) is 17.1 Å². The number of allylic oxidation sites excluding steroid dienone is 6. The molecule has 7 aromatic carbocycles. The summed E-state index contributed by atoms with van der Waals surface area (Å²) in [7, 11) is 0. The van der Waals surface area contributed by atoms with E-state index < -0.39 is 0 Å². The number of nitrogens with zero attached hydrogens (tertiary/aromatic N) is 3. The van der Waals surface area contributed by atoms with Gasteiger partial charge in [0.05, 0.1) is 27.6 Å². The second-order valence-corrected chi connectivity index (χ2v) is 13.9. The van der Waals surface area contributed by atoms with Crippen molar-refractivity contribution in [3.63, 3.8) is 0 Å². The van der Waals surface area contributed by atoms with E-state index in [4.69, 9.17) is 0 Å². The molecule has 0 radical (unpaired) electrons. The highest BCUT2D eigenvalue weighted by molar-refractivity contribution is 6.23. The molecule has 3 nitrogen and oxygen atoms in total. The lowest BCUT2D eigenvalue weighted by Crippen LogP contribution is -1.96. The van der Waals surface area contributed by atoms with Crippen LogP contribution in [0.2, 0.25) is 0 Å². The molecule has 55 heavy (non-hydrogen) atoms. The van der Waals surface area contributed by atoms with Gasteiger partial charge in [0.1, 0.15) is 0 Å². The van der Waals surface area contributed by atoms with E-state index >= 15 is 0 Å². The molecule has 3 aromatic heterocycles. The van der Waals surface area contributed by atoms with Gasteiger partial charge in [-0.15, -0.1) is 0 Å². The average molecular weight is 710 g/mol. The van der Waals surface area contributed by atoms with Crippen LogP contribution < -0.4 is 0 Å². The van der Waals surface area contributed by atoms with Crippen molar-refractivity contribution in [1.82, 2.24) is 13.7 Å². The van der Waals surface area contributed by atoms with E-state index in [1.807, 2.05) is 13.8 Å². The Morgan fingerprint density at radius 2 is 0.891 bits per heavy atom. The summed E-state index contributed by atoms with van der Waals surface area (Å²) in [5.74, 6) is 0. The molecule has 266 valence electrons. The fourth-order valence-electron chi connectivity index (χ4n) is 8.34. The van der Waals surface area contributed by atoms with Gasteiger partial charge in [-0.2, -0.15) is 0 Å². The van der Waals surface area contributed by atoms with Crippen molar-refractivity contribution in [2.24, 2.45) is 0 Å². The summed E-state index contributed by atoms with van der Waals surface area (Å²) < 4.78 is 7.09.